The summed E-state index contributed by atoms with van der Waals surface area (Å²) >= 11 is 0. The third-order valence-corrected chi connectivity index (χ3v) is 5.45. The number of aromatic carboxylic acids is 1. The van der Waals surface area contributed by atoms with Crippen LogP contribution in [0, 0.1) is 5.92 Å². The van der Waals surface area contributed by atoms with E-state index >= 15 is 0 Å². The Hall–Kier alpha value is -2.70. The number of likely N-dealkylation sites (tertiary alicyclic amines) is 1. The zero-order chi connectivity index (χ0) is 17.4. The van der Waals surface area contributed by atoms with Crippen LogP contribution in [0.1, 0.15) is 41.2 Å². The fraction of sp³-hybridized carbons (Fsp3) is 0.444. The highest BCUT2D eigenvalue weighted by atomic mass is 16.4. The molecule has 1 aromatic carbocycles. The Morgan fingerprint density at radius 1 is 1.20 bits per heavy atom. The highest BCUT2D eigenvalue weighted by Crippen LogP contribution is 2.46. The van der Waals surface area contributed by atoms with Crippen molar-refractivity contribution >= 4 is 11.9 Å². The molecule has 0 bridgehead atoms. The van der Waals surface area contributed by atoms with E-state index in [4.69, 9.17) is 5.11 Å². The van der Waals surface area contributed by atoms with Crippen LogP contribution in [0.3, 0.4) is 0 Å². The molecule has 1 saturated heterocycles. The van der Waals surface area contributed by atoms with Crippen molar-refractivity contribution in [3.05, 3.63) is 47.8 Å². The lowest BCUT2D eigenvalue weighted by atomic mass is 9.87. The Morgan fingerprint density at radius 3 is 2.72 bits per heavy atom. The number of amides is 1. The van der Waals surface area contributed by atoms with E-state index in [-0.39, 0.29) is 24.2 Å². The Morgan fingerprint density at radius 2 is 2.00 bits per heavy atom. The van der Waals surface area contributed by atoms with Gasteiger partial charge in [0.25, 0.3) is 0 Å². The molecule has 7 nitrogen and oxygen atoms in total. The van der Waals surface area contributed by atoms with Gasteiger partial charge >= 0.3 is 5.97 Å². The molecule has 1 N–H and O–H groups in total. The molecule has 1 aliphatic heterocycles. The summed E-state index contributed by atoms with van der Waals surface area (Å²) in [4.78, 5) is 25.7. The Kier molecular flexibility index (Phi) is 3.99. The zero-order valence-electron chi connectivity index (χ0n) is 13.8. The smallest absolute Gasteiger partial charge is 0.358 e. The monoisotopic (exact) mass is 340 g/mol. The van der Waals surface area contributed by atoms with E-state index in [9.17, 15) is 9.59 Å². The highest BCUT2D eigenvalue weighted by molar-refractivity contribution is 5.84. The van der Waals surface area contributed by atoms with Crippen LogP contribution in [0.4, 0.5) is 0 Å². The summed E-state index contributed by atoms with van der Waals surface area (Å²) in [5, 5.41) is 16.2. The molecule has 3 atom stereocenters. The van der Waals surface area contributed by atoms with Gasteiger partial charge in [0, 0.05) is 18.5 Å². The first-order valence-corrected chi connectivity index (χ1v) is 8.61. The SMILES string of the molecule is O=C(O)c1cn(CC(=O)N2CC(c3ccccc3)C3CCCC32)nn1. The summed E-state index contributed by atoms with van der Waals surface area (Å²) in [6.45, 7) is 0.754. The standard InChI is InChI=1S/C18H20N4O3/c23-17(11-21-10-15(18(24)25)19-20-21)22-9-14(12-5-2-1-3-6-12)13-7-4-8-16(13)22/h1-3,5-6,10,13-14,16H,4,7-9,11H2,(H,24,25). The average molecular weight is 340 g/mol. The third kappa shape index (κ3) is 2.90. The maximum Gasteiger partial charge on any atom is 0.358 e. The second-order valence-corrected chi connectivity index (χ2v) is 6.83. The van der Waals surface area contributed by atoms with Crippen molar-refractivity contribution < 1.29 is 14.7 Å². The van der Waals surface area contributed by atoms with Gasteiger partial charge < -0.3 is 10.0 Å². The van der Waals surface area contributed by atoms with Crippen molar-refractivity contribution in [3.8, 4) is 0 Å². The average Bonchev–Trinajstić information content (AvgIpc) is 3.31. The minimum absolute atomic E-state index is 0.0165. The molecule has 7 heteroatoms. The van der Waals surface area contributed by atoms with E-state index in [2.05, 4.69) is 22.4 Å². The van der Waals surface area contributed by atoms with E-state index in [1.165, 1.54) is 16.4 Å². The van der Waals surface area contributed by atoms with Crippen molar-refractivity contribution in [2.45, 2.75) is 37.8 Å². The van der Waals surface area contributed by atoms with Gasteiger partial charge in [0.2, 0.25) is 5.91 Å². The van der Waals surface area contributed by atoms with Crippen LogP contribution in [0.5, 0.6) is 0 Å². The van der Waals surface area contributed by atoms with E-state index in [1.54, 1.807) is 0 Å². The van der Waals surface area contributed by atoms with Gasteiger partial charge in [-0.25, -0.2) is 9.48 Å². The molecule has 130 valence electrons. The number of fused-ring (bicyclic) bond motifs is 1. The zero-order valence-corrected chi connectivity index (χ0v) is 13.8. The molecule has 0 radical (unpaired) electrons. The molecule has 1 aliphatic carbocycles. The normalized spacial score (nSPS) is 25.1. The molecule has 1 aromatic heterocycles. The fourth-order valence-electron chi connectivity index (χ4n) is 4.35. The fourth-order valence-corrected chi connectivity index (χ4v) is 4.35. The van der Waals surface area contributed by atoms with Crippen molar-refractivity contribution in [1.29, 1.82) is 0 Å². The quantitative estimate of drug-likeness (QED) is 0.916. The number of hydrogen-bond donors (Lipinski definition) is 1. The number of carboxylic acid groups (broad SMARTS) is 1. The van der Waals surface area contributed by atoms with Gasteiger partial charge in [-0.05, 0) is 24.3 Å². The molecule has 2 aliphatic rings. The topological polar surface area (TPSA) is 88.3 Å². The largest absolute Gasteiger partial charge is 0.476 e. The summed E-state index contributed by atoms with van der Waals surface area (Å²) < 4.78 is 1.31. The summed E-state index contributed by atoms with van der Waals surface area (Å²) in [5.41, 5.74) is 1.15. The van der Waals surface area contributed by atoms with Crippen molar-refractivity contribution in [2.75, 3.05) is 6.54 Å². The Balaban J connectivity index is 1.51. The van der Waals surface area contributed by atoms with Gasteiger partial charge in [-0.3, -0.25) is 4.79 Å². The minimum Gasteiger partial charge on any atom is -0.476 e. The summed E-state index contributed by atoms with van der Waals surface area (Å²) in [5.74, 6) is -0.267. The van der Waals surface area contributed by atoms with E-state index in [0.717, 1.165) is 25.8 Å². The van der Waals surface area contributed by atoms with Gasteiger partial charge in [0.15, 0.2) is 5.69 Å². The number of carbonyl (C=O) groups is 2. The Labute approximate surface area is 145 Å². The lowest BCUT2D eigenvalue weighted by molar-refractivity contribution is -0.133. The first kappa shape index (κ1) is 15.8. The predicted octanol–water partition coefficient (Wildman–Crippen LogP) is 1.77. The summed E-state index contributed by atoms with van der Waals surface area (Å²) in [7, 11) is 0. The van der Waals surface area contributed by atoms with E-state index in [0.29, 0.717) is 11.8 Å². The molecular weight excluding hydrogens is 320 g/mol. The molecule has 2 aromatic rings. The molecule has 0 spiro atoms. The van der Waals surface area contributed by atoms with Gasteiger partial charge in [0.1, 0.15) is 6.54 Å². The lowest BCUT2D eigenvalue weighted by Crippen LogP contribution is -2.38. The van der Waals surface area contributed by atoms with Crippen LogP contribution in [0.2, 0.25) is 0 Å². The number of rotatable bonds is 4. The third-order valence-electron chi connectivity index (χ3n) is 5.45. The number of benzene rings is 1. The van der Waals surface area contributed by atoms with Gasteiger partial charge in [0.05, 0.1) is 6.20 Å². The first-order valence-electron chi connectivity index (χ1n) is 8.61. The molecular formula is C18H20N4O3. The maximum absolute atomic E-state index is 12.8. The number of nitrogens with zero attached hydrogens (tertiary/aromatic N) is 4. The van der Waals surface area contributed by atoms with Gasteiger partial charge in [-0.2, -0.15) is 0 Å². The van der Waals surface area contributed by atoms with Crippen LogP contribution < -0.4 is 0 Å². The number of carbonyl (C=O) groups excluding carboxylic acids is 1. The summed E-state index contributed by atoms with van der Waals surface area (Å²) in [6, 6.07) is 10.7. The number of aromatic nitrogens is 3. The molecule has 25 heavy (non-hydrogen) atoms. The van der Waals surface area contributed by atoms with E-state index in [1.807, 2.05) is 23.1 Å². The molecule has 2 heterocycles. The van der Waals surface area contributed by atoms with Crippen LogP contribution in [-0.4, -0.2) is 49.5 Å². The van der Waals surface area contributed by atoms with Crippen LogP contribution in [-0.2, 0) is 11.3 Å². The first-order chi connectivity index (χ1) is 12.1. The second-order valence-electron chi connectivity index (χ2n) is 6.83. The lowest BCUT2D eigenvalue weighted by Gasteiger charge is -2.23. The van der Waals surface area contributed by atoms with Crippen LogP contribution in [0.25, 0.3) is 0 Å². The highest BCUT2D eigenvalue weighted by Gasteiger charge is 2.46. The minimum atomic E-state index is -1.14. The second kappa shape index (κ2) is 6.31. The maximum atomic E-state index is 12.8. The van der Waals surface area contributed by atoms with Crippen molar-refractivity contribution in [2.24, 2.45) is 5.92 Å². The van der Waals surface area contributed by atoms with Crippen LogP contribution >= 0.6 is 0 Å². The van der Waals surface area contributed by atoms with Crippen molar-refractivity contribution in [1.82, 2.24) is 19.9 Å². The summed E-state index contributed by atoms with van der Waals surface area (Å²) in [6.07, 6.45) is 4.64. The Bertz CT molecular complexity index is 789. The van der Waals surface area contributed by atoms with Gasteiger partial charge in [-0.15, -0.1) is 5.10 Å². The predicted molar refractivity (Wildman–Crippen MR) is 89.0 cm³/mol. The molecule has 4 rings (SSSR count). The molecule has 3 unspecified atom stereocenters. The molecule has 2 fully saturated rings. The van der Waals surface area contributed by atoms with E-state index < -0.39 is 5.97 Å². The van der Waals surface area contributed by atoms with Crippen LogP contribution in [0.15, 0.2) is 36.5 Å². The number of hydrogen-bond acceptors (Lipinski definition) is 4. The van der Waals surface area contributed by atoms with Gasteiger partial charge in [-0.1, -0.05) is 42.0 Å². The number of carboxylic acids is 1. The molecule has 1 amide bonds. The van der Waals surface area contributed by atoms with Crippen molar-refractivity contribution in [3.63, 3.8) is 0 Å². The molecule has 1 saturated carbocycles.